The van der Waals surface area contributed by atoms with E-state index in [-0.39, 0.29) is 11.3 Å². The van der Waals surface area contributed by atoms with Gasteiger partial charge in [-0.3, -0.25) is 0 Å². The number of benzene rings is 1. The molecule has 132 valence electrons. The molecule has 5 nitrogen and oxygen atoms in total. The molecule has 0 bridgehead atoms. The van der Waals surface area contributed by atoms with Gasteiger partial charge in [0.25, 0.3) is 0 Å². The fraction of sp³-hybridized carbons (Fsp3) is 0.632. The van der Waals surface area contributed by atoms with Crippen LogP contribution in [0.25, 0.3) is 10.4 Å². The van der Waals surface area contributed by atoms with E-state index in [1.54, 1.807) is 6.07 Å². The lowest BCUT2D eigenvalue weighted by Crippen LogP contribution is -1.97. The van der Waals surface area contributed by atoms with Crippen LogP contribution in [-0.4, -0.2) is 11.1 Å². The van der Waals surface area contributed by atoms with E-state index in [0.29, 0.717) is 0 Å². The van der Waals surface area contributed by atoms with Gasteiger partial charge in [0, 0.05) is 4.91 Å². The maximum absolute atomic E-state index is 11.1. The van der Waals surface area contributed by atoms with E-state index in [0.717, 1.165) is 18.4 Å². The Kier molecular flexibility index (Phi) is 10.4. The SMILES string of the molecule is CCCCCCCCCCCCc1ccc(C(=O)O)c(N=[N+]=[N-])c1. The maximum Gasteiger partial charge on any atom is 0.336 e. The predicted molar refractivity (Wildman–Crippen MR) is 97.8 cm³/mol. The smallest absolute Gasteiger partial charge is 0.336 e. The first kappa shape index (κ1) is 20.0. The van der Waals surface area contributed by atoms with Crippen LogP contribution in [0.1, 0.15) is 87.1 Å². The van der Waals surface area contributed by atoms with Gasteiger partial charge in [0.05, 0.1) is 11.3 Å². The summed E-state index contributed by atoms with van der Waals surface area (Å²) >= 11 is 0. The molecule has 0 amide bonds. The van der Waals surface area contributed by atoms with Gasteiger partial charge in [0.1, 0.15) is 0 Å². The molecule has 0 atom stereocenters. The number of carbonyl (C=O) groups is 1. The zero-order valence-corrected chi connectivity index (χ0v) is 14.7. The van der Waals surface area contributed by atoms with Gasteiger partial charge in [-0.15, -0.1) is 0 Å². The van der Waals surface area contributed by atoms with Crippen molar-refractivity contribution in [2.75, 3.05) is 0 Å². The first-order valence-electron chi connectivity index (χ1n) is 9.10. The number of nitrogens with zero attached hydrogens (tertiary/aromatic N) is 3. The number of hydrogen-bond donors (Lipinski definition) is 1. The molecule has 0 aromatic heterocycles. The highest BCUT2D eigenvalue weighted by atomic mass is 16.4. The van der Waals surface area contributed by atoms with Crippen molar-refractivity contribution >= 4 is 11.7 Å². The van der Waals surface area contributed by atoms with Crippen molar-refractivity contribution in [1.82, 2.24) is 0 Å². The zero-order valence-electron chi connectivity index (χ0n) is 14.7. The van der Waals surface area contributed by atoms with Crippen LogP contribution in [0.2, 0.25) is 0 Å². The molecule has 0 fully saturated rings. The van der Waals surface area contributed by atoms with Crippen molar-refractivity contribution in [3.8, 4) is 0 Å². The Bertz CT molecular complexity index is 552. The van der Waals surface area contributed by atoms with Crippen LogP contribution in [0.15, 0.2) is 23.3 Å². The van der Waals surface area contributed by atoms with Crippen molar-refractivity contribution in [2.45, 2.75) is 77.6 Å². The Labute approximate surface area is 144 Å². The Balaban J connectivity index is 2.24. The number of aromatic carboxylic acids is 1. The van der Waals surface area contributed by atoms with Crippen LogP contribution in [-0.2, 0) is 6.42 Å². The normalized spacial score (nSPS) is 10.4. The average Bonchev–Trinajstić information content (AvgIpc) is 2.57. The first-order chi connectivity index (χ1) is 11.7. The summed E-state index contributed by atoms with van der Waals surface area (Å²) in [6.07, 6.45) is 13.8. The third-order valence-electron chi connectivity index (χ3n) is 4.26. The van der Waals surface area contributed by atoms with Crippen LogP contribution in [0.4, 0.5) is 5.69 Å². The number of rotatable bonds is 13. The molecule has 5 heteroatoms. The number of carboxylic acids is 1. The van der Waals surface area contributed by atoms with Crippen LogP contribution in [0.5, 0.6) is 0 Å². The van der Waals surface area contributed by atoms with E-state index < -0.39 is 5.97 Å². The summed E-state index contributed by atoms with van der Waals surface area (Å²) in [6.45, 7) is 2.24. The van der Waals surface area contributed by atoms with E-state index in [1.807, 2.05) is 6.07 Å². The van der Waals surface area contributed by atoms with Crippen molar-refractivity contribution in [1.29, 1.82) is 0 Å². The molecule has 0 spiro atoms. The van der Waals surface area contributed by atoms with Gasteiger partial charge in [0.15, 0.2) is 0 Å². The molecule has 24 heavy (non-hydrogen) atoms. The summed E-state index contributed by atoms with van der Waals surface area (Å²) in [5, 5.41) is 12.6. The highest BCUT2D eigenvalue weighted by molar-refractivity contribution is 5.93. The van der Waals surface area contributed by atoms with Crippen molar-refractivity contribution in [3.63, 3.8) is 0 Å². The molecule has 1 aromatic rings. The Hall–Kier alpha value is -2.00. The fourth-order valence-corrected chi connectivity index (χ4v) is 2.86. The van der Waals surface area contributed by atoms with Crippen LogP contribution in [0, 0.1) is 0 Å². The maximum atomic E-state index is 11.1. The molecule has 0 saturated heterocycles. The molecule has 0 aliphatic rings. The lowest BCUT2D eigenvalue weighted by molar-refractivity contribution is 0.0698. The average molecular weight is 331 g/mol. The van der Waals surface area contributed by atoms with E-state index in [1.165, 1.54) is 63.9 Å². The van der Waals surface area contributed by atoms with Gasteiger partial charge < -0.3 is 5.11 Å². The molecule has 0 unspecified atom stereocenters. The van der Waals surface area contributed by atoms with E-state index in [2.05, 4.69) is 16.9 Å². The molecule has 0 saturated carbocycles. The number of unbranched alkanes of at least 4 members (excludes halogenated alkanes) is 9. The number of carboxylic acid groups (broad SMARTS) is 1. The van der Waals surface area contributed by atoms with Crippen molar-refractivity contribution < 1.29 is 9.90 Å². The van der Waals surface area contributed by atoms with Gasteiger partial charge in [-0.2, -0.15) is 0 Å². The second-order valence-corrected chi connectivity index (χ2v) is 6.28. The molecule has 0 radical (unpaired) electrons. The Morgan fingerprint density at radius 3 is 2.17 bits per heavy atom. The number of azide groups is 1. The molecular formula is C19H29N3O2. The third kappa shape index (κ3) is 8.02. The first-order valence-corrected chi connectivity index (χ1v) is 9.10. The lowest BCUT2D eigenvalue weighted by Gasteiger charge is -2.06. The quantitative estimate of drug-likeness (QED) is 0.187. The Morgan fingerprint density at radius 1 is 1.04 bits per heavy atom. The van der Waals surface area contributed by atoms with Gasteiger partial charge in [-0.05, 0) is 36.1 Å². The van der Waals surface area contributed by atoms with Crippen molar-refractivity contribution in [2.24, 2.45) is 5.11 Å². The van der Waals surface area contributed by atoms with Gasteiger partial charge >= 0.3 is 5.97 Å². The Morgan fingerprint density at radius 2 is 1.62 bits per heavy atom. The molecular weight excluding hydrogens is 302 g/mol. The highest BCUT2D eigenvalue weighted by Gasteiger charge is 2.09. The number of hydrogen-bond acceptors (Lipinski definition) is 2. The van der Waals surface area contributed by atoms with Crippen LogP contribution >= 0.6 is 0 Å². The molecule has 0 heterocycles. The molecule has 0 aliphatic heterocycles. The largest absolute Gasteiger partial charge is 0.478 e. The van der Waals surface area contributed by atoms with Gasteiger partial charge in [-0.1, -0.05) is 75.9 Å². The molecule has 1 aromatic carbocycles. The van der Waals surface area contributed by atoms with Gasteiger partial charge in [-0.25, -0.2) is 4.79 Å². The van der Waals surface area contributed by atoms with E-state index in [4.69, 9.17) is 10.6 Å². The number of aryl methyl sites for hydroxylation is 1. The van der Waals surface area contributed by atoms with Crippen LogP contribution in [0.3, 0.4) is 0 Å². The summed E-state index contributed by atoms with van der Waals surface area (Å²) in [5.41, 5.74) is 9.83. The van der Waals surface area contributed by atoms with Gasteiger partial charge in [0.2, 0.25) is 0 Å². The summed E-state index contributed by atoms with van der Waals surface area (Å²) in [6, 6.07) is 5.03. The van der Waals surface area contributed by atoms with Crippen LogP contribution < -0.4 is 0 Å². The highest BCUT2D eigenvalue weighted by Crippen LogP contribution is 2.23. The van der Waals surface area contributed by atoms with Crippen molar-refractivity contribution in [3.05, 3.63) is 39.8 Å². The molecule has 1 rings (SSSR count). The second kappa shape index (κ2) is 12.4. The standard InChI is InChI=1S/C19H29N3O2/c1-2-3-4-5-6-7-8-9-10-11-12-16-13-14-17(19(23)24)18(15-16)21-22-20/h13-15H,2-12H2,1H3,(H,23,24). The predicted octanol–water partition coefficient (Wildman–Crippen LogP) is 6.79. The topological polar surface area (TPSA) is 86.1 Å². The monoisotopic (exact) mass is 331 g/mol. The summed E-state index contributed by atoms with van der Waals surface area (Å²) in [7, 11) is 0. The fourth-order valence-electron chi connectivity index (χ4n) is 2.86. The summed E-state index contributed by atoms with van der Waals surface area (Å²) in [5.74, 6) is -1.07. The van der Waals surface area contributed by atoms with E-state index >= 15 is 0 Å². The summed E-state index contributed by atoms with van der Waals surface area (Å²) in [4.78, 5) is 13.8. The minimum atomic E-state index is -1.07. The molecule has 0 aliphatic carbocycles. The summed E-state index contributed by atoms with van der Waals surface area (Å²) < 4.78 is 0. The minimum Gasteiger partial charge on any atom is -0.478 e. The molecule has 1 N–H and O–H groups in total. The lowest BCUT2D eigenvalue weighted by atomic mass is 10.0. The minimum absolute atomic E-state index is 0.0552. The third-order valence-corrected chi connectivity index (χ3v) is 4.26. The van der Waals surface area contributed by atoms with E-state index in [9.17, 15) is 4.79 Å². The zero-order chi connectivity index (χ0) is 17.6. The second-order valence-electron chi connectivity index (χ2n) is 6.28.